The fraction of sp³-hybridized carbons (Fsp3) is 0.240. The fourth-order valence-corrected chi connectivity index (χ4v) is 5.53. The Hall–Kier alpha value is -3.59. The predicted molar refractivity (Wildman–Crippen MR) is 131 cm³/mol. The maximum absolute atomic E-state index is 14.1. The number of nitrogens with zero attached hydrogens (tertiary/aromatic N) is 2. The highest BCUT2D eigenvalue weighted by Gasteiger charge is 2.24. The minimum Gasteiger partial charge on any atom is -0.478 e. The van der Waals surface area contributed by atoms with Gasteiger partial charge in [0, 0.05) is 31.9 Å². The number of rotatable bonds is 6. The number of anilines is 3. The van der Waals surface area contributed by atoms with Crippen LogP contribution in [0.2, 0.25) is 0 Å². The van der Waals surface area contributed by atoms with Crippen LogP contribution in [0.15, 0.2) is 65.6 Å². The molecule has 9 heteroatoms. The van der Waals surface area contributed by atoms with Crippen LogP contribution in [0.4, 0.5) is 21.5 Å². The smallest absolute Gasteiger partial charge is 0.337 e. The van der Waals surface area contributed by atoms with Gasteiger partial charge < -0.3 is 14.9 Å². The summed E-state index contributed by atoms with van der Waals surface area (Å²) in [7, 11) is -3.89. The highest BCUT2D eigenvalue weighted by Crippen LogP contribution is 2.29. The zero-order valence-electron chi connectivity index (χ0n) is 19.0. The maximum Gasteiger partial charge on any atom is 0.337 e. The average molecular weight is 484 g/mol. The van der Waals surface area contributed by atoms with E-state index < -0.39 is 16.0 Å². The number of hydrogen-bond acceptors (Lipinski definition) is 5. The minimum atomic E-state index is -3.89. The lowest BCUT2D eigenvalue weighted by atomic mass is 10.1. The van der Waals surface area contributed by atoms with Crippen molar-refractivity contribution in [2.45, 2.75) is 18.7 Å². The Morgan fingerprint density at radius 3 is 2.21 bits per heavy atom. The highest BCUT2D eigenvalue weighted by molar-refractivity contribution is 7.92. The van der Waals surface area contributed by atoms with Crippen molar-refractivity contribution in [3.05, 3.63) is 83.2 Å². The molecule has 1 saturated heterocycles. The quantitative estimate of drug-likeness (QED) is 0.544. The van der Waals surface area contributed by atoms with Gasteiger partial charge in [-0.05, 0) is 61.4 Å². The summed E-state index contributed by atoms with van der Waals surface area (Å²) in [6.45, 7) is 5.58. The van der Waals surface area contributed by atoms with Crippen LogP contribution in [0.25, 0.3) is 0 Å². The molecule has 0 unspecified atom stereocenters. The summed E-state index contributed by atoms with van der Waals surface area (Å²) in [5.41, 5.74) is 2.60. The molecule has 1 aliphatic heterocycles. The molecule has 0 radical (unpaired) electrons. The van der Waals surface area contributed by atoms with Crippen molar-refractivity contribution in [3.63, 3.8) is 0 Å². The minimum absolute atomic E-state index is 0.000468. The van der Waals surface area contributed by atoms with Crippen molar-refractivity contribution in [2.75, 3.05) is 40.7 Å². The third-order valence-electron chi connectivity index (χ3n) is 5.93. The molecule has 7 nitrogen and oxygen atoms in total. The molecule has 2 N–H and O–H groups in total. The topological polar surface area (TPSA) is 90.0 Å². The van der Waals surface area contributed by atoms with Crippen LogP contribution in [0.1, 0.15) is 21.5 Å². The van der Waals surface area contributed by atoms with E-state index in [1.807, 2.05) is 22.8 Å². The van der Waals surface area contributed by atoms with E-state index in [-0.39, 0.29) is 22.0 Å². The summed E-state index contributed by atoms with van der Waals surface area (Å²) in [4.78, 5) is 16.0. The fourth-order valence-electron chi connectivity index (χ4n) is 4.15. The number of nitrogens with one attached hydrogen (secondary N) is 1. The molecular weight excluding hydrogens is 457 g/mol. The first kappa shape index (κ1) is 23.6. The normalized spacial score (nSPS) is 14.2. The number of aromatic carboxylic acids is 1. The van der Waals surface area contributed by atoms with Gasteiger partial charge >= 0.3 is 5.97 Å². The molecule has 0 amide bonds. The number of sulfonamides is 1. The lowest BCUT2D eigenvalue weighted by Gasteiger charge is -2.38. The average Bonchev–Trinajstić information content (AvgIpc) is 2.81. The first-order chi connectivity index (χ1) is 16.2. The van der Waals surface area contributed by atoms with Crippen molar-refractivity contribution in [1.82, 2.24) is 0 Å². The molecule has 0 atom stereocenters. The van der Waals surface area contributed by atoms with Crippen molar-refractivity contribution >= 4 is 33.1 Å². The molecule has 1 heterocycles. The van der Waals surface area contributed by atoms with Gasteiger partial charge in [-0.3, -0.25) is 4.72 Å². The van der Waals surface area contributed by atoms with Crippen LogP contribution < -0.4 is 14.5 Å². The number of carboxylic acids is 1. The number of para-hydroxylation sites is 1. The molecule has 0 bridgehead atoms. The van der Waals surface area contributed by atoms with E-state index in [9.17, 15) is 22.7 Å². The van der Waals surface area contributed by atoms with Crippen molar-refractivity contribution in [1.29, 1.82) is 0 Å². The lowest BCUT2D eigenvalue weighted by molar-refractivity contribution is 0.0697. The van der Waals surface area contributed by atoms with Gasteiger partial charge in [-0.1, -0.05) is 24.3 Å². The lowest BCUT2D eigenvalue weighted by Crippen LogP contribution is -2.47. The van der Waals surface area contributed by atoms with E-state index in [0.29, 0.717) is 43.1 Å². The second-order valence-electron chi connectivity index (χ2n) is 8.34. The number of carboxylic acid groups (broad SMARTS) is 1. The van der Waals surface area contributed by atoms with Crippen LogP contribution in [0.5, 0.6) is 0 Å². The number of piperazine rings is 1. The summed E-state index contributed by atoms with van der Waals surface area (Å²) in [5.74, 6) is -1.44. The van der Waals surface area contributed by atoms with Crippen LogP contribution >= 0.6 is 0 Å². The third-order valence-corrected chi connectivity index (χ3v) is 7.45. The first-order valence-electron chi connectivity index (χ1n) is 10.9. The first-order valence-corrected chi connectivity index (χ1v) is 12.4. The van der Waals surface area contributed by atoms with E-state index >= 15 is 0 Å². The number of benzene rings is 3. The third kappa shape index (κ3) is 4.84. The van der Waals surface area contributed by atoms with E-state index in [0.717, 1.165) is 5.56 Å². The Bertz CT molecular complexity index is 1340. The molecule has 1 aliphatic rings. The number of carbonyl (C=O) groups is 1. The molecule has 178 valence electrons. The van der Waals surface area contributed by atoms with Crippen LogP contribution in [-0.4, -0.2) is 45.7 Å². The predicted octanol–water partition coefficient (Wildman–Crippen LogP) is 4.27. The van der Waals surface area contributed by atoms with E-state index in [2.05, 4.69) is 4.72 Å². The summed E-state index contributed by atoms with van der Waals surface area (Å²) in [5, 5.41) is 9.82. The van der Waals surface area contributed by atoms with Gasteiger partial charge in [-0.15, -0.1) is 0 Å². The zero-order chi connectivity index (χ0) is 24.5. The summed E-state index contributed by atoms with van der Waals surface area (Å²) >= 11 is 0. The van der Waals surface area contributed by atoms with Gasteiger partial charge in [0.1, 0.15) is 5.82 Å². The Balaban J connectivity index is 1.55. The molecule has 0 spiro atoms. The molecule has 3 aromatic rings. The van der Waals surface area contributed by atoms with Gasteiger partial charge in [-0.2, -0.15) is 0 Å². The van der Waals surface area contributed by atoms with Crippen LogP contribution in [0.3, 0.4) is 0 Å². The molecular formula is C25H26FN3O4S. The molecule has 0 aliphatic carbocycles. The molecule has 1 fully saturated rings. The van der Waals surface area contributed by atoms with Gasteiger partial charge in [-0.25, -0.2) is 17.6 Å². The van der Waals surface area contributed by atoms with Gasteiger partial charge in [0.2, 0.25) is 0 Å². The van der Waals surface area contributed by atoms with Gasteiger partial charge in [0.05, 0.1) is 21.8 Å². The Morgan fingerprint density at radius 1 is 0.912 bits per heavy atom. The number of aryl methyl sites for hydroxylation is 2. The summed E-state index contributed by atoms with van der Waals surface area (Å²) in [6.07, 6.45) is 0. The SMILES string of the molecule is Cc1ccc(C)c(S(=O)(=O)Nc2ccc(N3CCN(c4ccccc4F)CC3)c(C(=O)O)c2)c1. The van der Waals surface area contributed by atoms with Crippen LogP contribution in [-0.2, 0) is 10.0 Å². The molecule has 34 heavy (non-hydrogen) atoms. The molecule has 0 saturated carbocycles. The number of halogens is 1. The molecule has 0 aromatic heterocycles. The Morgan fingerprint density at radius 2 is 1.56 bits per heavy atom. The van der Waals surface area contributed by atoms with E-state index in [1.165, 1.54) is 12.1 Å². The Labute approximate surface area is 198 Å². The van der Waals surface area contributed by atoms with Gasteiger partial charge in [0.15, 0.2) is 0 Å². The number of hydrogen-bond donors (Lipinski definition) is 2. The molecule has 4 rings (SSSR count). The van der Waals surface area contributed by atoms with E-state index in [4.69, 9.17) is 0 Å². The Kier molecular flexibility index (Phi) is 6.47. The summed E-state index contributed by atoms with van der Waals surface area (Å²) in [6, 6.07) is 16.2. The van der Waals surface area contributed by atoms with E-state index in [1.54, 1.807) is 49.4 Å². The zero-order valence-corrected chi connectivity index (χ0v) is 19.8. The standard InChI is InChI=1S/C25H26FN3O4S/c1-17-7-8-18(2)24(15-17)34(32,33)27-19-9-10-22(20(16-19)25(30)31)28-11-13-29(14-12-28)23-6-4-3-5-21(23)26/h3-10,15-16,27H,11-14H2,1-2H3,(H,30,31). The highest BCUT2D eigenvalue weighted by atomic mass is 32.2. The summed E-state index contributed by atoms with van der Waals surface area (Å²) < 4.78 is 42.5. The van der Waals surface area contributed by atoms with Gasteiger partial charge in [0.25, 0.3) is 10.0 Å². The van der Waals surface area contributed by atoms with Crippen molar-refractivity contribution in [3.8, 4) is 0 Å². The van der Waals surface area contributed by atoms with Crippen LogP contribution in [0, 0.1) is 19.7 Å². The maximum atomic E-state index is 14.1. The second kappa shape index (κ2) is 9.34. The van der Waals surface area contributed by atoms with Crippen molar-refractivity contribution in [2.24, 2.45) is 0 Å². The molecule has 3 aromatic carbocycles. The largest absolute Gasteiger partial charge is 0.478 e. The van der Waals surface area contributed by atoms with Crippen molar-refractivity contribution < 1.29 is 22.7 Å². The monoisotopic (exact) mass is 483 g/mol. The second-order valence-corrected chi connectivity index (χ2v) is 9.99.